The van der Waals surface area contributed by atoms with Gasteiger partial charge < -0.3 is 4.90 Å². The molecule has 0 saturated heterocycles. The smallest absolute Gasteiger partial charge is 0.377 e. The van der Waals surface area contributed by atoms with Gasteiger partial charge in [-0.3, -0.25) is 0 Å². The van der Waals surface area contributed by atoms with Crippen molar-refractivity contribution in [3.05, 3.63) is 24.5 Å². The zero-order valence-corrected chi connectivity index (χ0v) is 18.3. The van der Waals surface area contributed by atoms with Gasteiger partial charge >= 0.3 is 31.1 Å². The van der Waals surface area contributed by atoms with Crippen LogP contribution in [0.5, 0.6) is 0 Å². The van der Waals surface area contributed by atoms with E-state index < -0.39 is 35.2 Å². The van der Waals surface area contributed by atoms with Crippen molar-refractivity contribution in [2.45, 2.75) is 44.3 Å². The second kappa shape index (κ2) is 10.6. The molecule has 0 spiro atoms. The summed E-state index contributed by atoms with van der Waals surface area (Å²) in [7, 11) is -9.06. The van der Waals surface area contributed by atoms with Gasteiger partial charge in [-0.05, 0) is 12.3 Å². The molecule has 0 unspecified atom stereocenters. The average Bonchev–Trinajstić information content (AvgIpc) is 2.52. The van der Waals surface area contributed by atoms with Gasteiger partial charge in [0.05, 0.1) is 0 Å². The minimum absolute atomic E-state index is 0.493. The third kappa shape index (κ3) is 9.47. The zero-order valence-electron chi connectivity index (χ0n) is 16.6. The van der Waals surface area contributed by atoms with Crippen molar-refractivity contribution in [1.29, 1.82) is 0 Å². The molecular weight excluding hydrogens is 464 g/mol. The number of halogens is 6. The quantitative estimate of drug-likeness (QED) is 0.471. The zero-order chi connectivity index (χ0) is 24.0. The maximum atomic E-state index is 11.5. The molecule has 15 heteroatoms. The molecule has 0 aliphatic heterocycles. The molecule has 1 N–H and O–H groups in total. The molecule has 0 saturated carbocycles. The van der Waals surface area contributed by atoms with Crippen molar-refractivity contribution in [2.24, 2.45) is 5.92 Å². The fourth-order valence-electron chi connectivity index (χ4n) is 1.82. The maximum absolute atomic E-state index is 11.5. The fourth-order valence-corrected chi connectivity index (χ4v) is 3.73. The van der Waals surface area contributed by atoms with Crippen LogP contribution in [0.3, 0.4) is 0 Å². The molecular formula is C15H24F6N3O4S2+. The van der Waals surface area contributed by atoms with E-state index in [2.05, 4.69) is 61.9 Å². The number of rotatable bonds is 7. The van der Waals surface area contributed by atoms with Crippen molar-refractivity contribution < 1.29 is 47.7 Å². The Bertz CT molecular complexity index is 823. The van der Waals surface area contributed by atoms with Crippen molar-refractivity contribution in [3.8, 4) is 0 Å². The standard InChI is InChI=1S/C13H23N2.C2HF6NO4S2/c1-12(2)6-5-9-15-10-7-13(8-11-15)14(3)4;3-1(4,5)14(10,11)9-15(12,13)2(6,7)8/h7-8,10-12H,5-6,9H2,1-4H3;9H/q+1;. The molecule has 0 fully saturated rings. The lowest BCUT2D eigenvalue weighted by Gasteiger charge is -2.11. The Balaban J connectivity index is 0.000000561. The van der Waals surface area contributed by atoms with Crippen LogP contribution >= 0.6 is 0 Å². The average molecular weight is 488 g/mol. The van der Waals surface area contributed by atoms with Crippen molar-refractivity contribution in [1.82, 2.24) is 4.13 Å². The van der Waals surface area contributed by atoms with E-state index in [0.29, 0.717) is 0 Å². The first kappa shape index (κ1) is 28.4. The largest absolute Gasteiger partial charge is 0.512 e. The summed E-state index contributed by atoms with van der Waals surface area (Å²) >= 11 is 0. The monoisotopic (exact) mass is 488 g/mol. The van der Waals surface area contributed by atoms with Crippen LogP contribution in [0.15, 0.2) is 24.5 Å². The molecule has 1 aromatic heterocycles. The first-order valence-corrected chi connectivity index (χ1v) is 11.3. The van der Waals surface area contributed by atoms with Gasteiger partial charge in [0, 0.05) is 38.3 Å². The number of hydrogen-bond donors (Lipinski definition) is 1. The number of aromatic nitrogens is 1. The molecule has 1 heterocycles. The van der Waals surface area contributed by atoms with Crippen molar-refractivity contribution >= 4 is 25.7 Å². The molecule has 0 aliphatic rings. The predicted molar refractivity (Wildman–Crippen MR) is 98.1 cm³/mol. The first-order valence-electron chi connectivity index (χ1n) is 8.37. The molecule has 0 radical (unpaired) electrons. The van der Waals surface area contributed by atoms with Crippen molar-refractivity contribution in [2.75, 3.05) is 19.0 Å². The van der Waals surface area contributed by atoms with Gasteiger partial charge in [-0.2, -0.15) is 26.3 Å². The van der Waals surface area contributed by atoms with Gasteiger partial charge in [-0.25, -0.2) is 21.4 Å². The molecule has 7 nitrogen and oxygen atoms in total. The lowest BCUT2D eigenvalue weighted by molar-refractivity contribution is -0.697. The molecule has 0 aromatic carbocycles. The van der Waals surface area contributed by atoms with Crippen LogP contribution in [0, 0.1) is 5.92 Å². The number of alkyl halides is 6. The molecule has 0 atom stereocenters. The summed E-state index contributed by atoms with van der Waals surface area (Å²) in [5.41, 5.74) is -11.0. The highest BCUT2D eigenvalue weighted by Gasteiger charge is 2.55. The number of pyridine rings is 1. The van der Waals surface area contributed by atoms with Crippen LogP contribution in [0.2, 0.25) is 0 Å². The number of anilines is 1. The summed E-state index contributed by atoms with van der Waals surface area (Å²) < 4.78 is 111. The van der Waals surface area contributed by atoms with Gasteiger partial charge in [0.2, 0.25) is 0 Å². The highest BCUT2D eigenvalue weighted by Crippen LogP contribution is 2.27. The maximum Gasteiger partial charge on any atom is 0.512 e. The Labute approximate surface area is 171 Å². The van der Waals surface area contributed by atoms with Crippen LogP contribution < -0.4 is 13.6 Å². The van der Waals surface area contributed by atoms with Gasteiger partial charge in [-0.1, -0.05) is 18.0 Å². The summed E-state index contributed by atoms with van der Waals surface area (Å²) in [4.78, 5) is 2.12. The third-order valence-electron chi connectivity index (χ3n) is 3.42. The van der Waals surface area contributed by atoms with Crippen molar-refractivity contribution in [3.63, 3.8) is 0 Å². The first-order chi connectivity index (χ1) is 13.3. The van der Waals surface area contributed by atoms with E-state index in [1.54, 1.807) is 0 Å². The van der Waals surface area contributed by atoms with Crippen LogP contribution in [-0.4, -0.2) is 41.9 Å². The number of aryl methyl sites for hydroxylation is 1. The fraction of sp³-hybridized carbons (Fsp3) is 0.667. The van der Waals surface area contributed by atoms with E-state index in [-0.39, 0.29) is 0 Å². The number of hydrogen-bond acceptors (Lipinski definition) is 5. The van der Waals surface area contributed by atoms with Crippen LogP contribution in [-0.2, 0) is 26.6 Å². The van der Waals surface area contributed by atoms with Crippen LogP contribution in [0.4, 0.5) is 32.0 Å². The second-order valence-electron chi connectivity index (χ2n) is 6.71. The van der Waals surface area contributed by atoms with E-state index in [4.69, 9.17) is 0 Å². The minimum Gasteiger partial charge on any atom is -0.377 e. The van der Waals surface area contributed by atoms with Gasteiger partial charge in [0.25, 0.3) is 0 Å². The van der Waals surface area contributed by atoms with E-state index in [1.165, 1.54) is 18.5 Å². The molecule has 1 aromatic rings. The SMILES string of the molecule is CC(C)CCC[n+]1ccc(N(C)C)cc1.O=S(=O)(NS(=O)(=O)C(F)(F)F)C(F)(F)F. The third-order valence-corrected chi connectivity index (χ3v) is 6.39. The van der Waals surface area contributed by atoms with E-state index in [0.717, 1.165) is 12.5 Å². The van der Waals surface area contributed by atoms with E-state index in [9.17, 15) is 43.2 Å². The van der Waals surface area contributed by atoms with Crippen LogP contribution in [0.25, 0.3) is 0 Å². The van der Waals surface area contributed by atoms with E-state index >= 15 is 0 Å². The van der Waals surface area contributed by atoms with Gasteiger partial charge in [0.15, 0.2) is 12.4 Å². The van der Waals surface area contributed by atoms with Gasteiger partial charge in [0.1, 0.15) is 6.54 Å². The molecule has 0 amide bonds. The van der Waals surface area contributed by atoms with Gasteiger partial charge in [-0.15, -0.1) is 0 Å². The van der Waals surface area contributed by atoms with Crippen LogP contribution in [0.1, 0.15) is 26.7 Å². The lowest BCUT2D eigenvalue weighted by Crippen LogP contribution is -2.45. The number of nitrogens with one attached hydrogen (secondary N) is 1. The number of nitrogens with zero attached hydrogens (tertiary/aromatic N) is 2. The topological polar surface area (TPSA) is 87.4 Å². The summed E-state index contributed by atoms with van der Waals surface area (Å²) in [6.07, 6.45) is 6.90. The Morgan fingerprint density at radius 2 is 1.33 bits per heavy atom. The summed E-state index contributed by atoms with van der Waals surface area (Å²) in [5, 5.41) is 0. The Hall–Kier alpha value is -1.61. The minimum atomic E-state index is -6.60. The van der Waals surface area contributed by atoms with E-state index in [1.807, 2.05) is 0 Å². The molecule has 1 rings (SSSR count). The molecule has 0 aliphatic carbocycles. The summed E-state index contributed by atoms with van der Waals surface area (Å²) in [5.74, 6) is 0.812. The Morgan fingerprint density at radius 1 is 0.933 bits per heavy atom. The lowest BCUT2D eigenvalue weighted by atomic mass is 10.1. The summed E-state index contributed by atoms with van der Waals surface area (Å²) in [6, 6.07) is 4.32. The molecule has 0 bridgehead atoms. The molecule has 176 valence electrons. The second-order valence-corrected chi connectivity index (χ2v) is 10.3. The normalized spacial score (nSPS) is 13.0. The molecule has 30 heavy (non-hydrogen) atoms. The number of sulfonamides is 2. The Kier molecular flexibility index (Phi) is 10.0. The highest BCUT2D eigenvalue weighted by atomic mass is 32.3. The highest BCUT2D eigenvalue weighted by molar-refractivity contribution is 8.05. The predicted octanol–water partition coefficient (Wildman–Crippen LogP) is 2.75. The Morgan fingerprint density at radius 3 is 1.63 bits per heavy atom. The summed E-state index contributed by atoms with van der Waals surface area (Å²) in [6.45, 7) is 5.69.